The van der Waals surface area contributed by atoms with Gasteiger partial charge in [0, 0.05) is 25.2 Å². The van der Waals surface area contributed by atoms with E-state index in [0.29, 0.717) is 23.4 Å². The number of likely N-dealkylation sites (tertiary alicyclic amines) is 2. The summed E-state index contributed by atoms with van der Waals surface area (Å²) < 4.78 is 5.57. The first-order valence-electron chi connectivity index (χ1n) is 12.0. The Morgan fingerprint density at radius 2 is 1.77 bits per heavy atom. The van der Waals surface area contributed by atoms with Crippen molar-refractivity contribution in [3.8, 4) is 0 Å². The second-order valence-electron chi connectivity index (χ2n) is 11.2. The molecule has 1 aromatic rings. The van der Waals surface area contributed by atoms with Crippen LogP contribution in [-0.4, -0.2) is 47.2 Å². The second kappa shape index (κ2) is 8.18. The predicted octanol–water partition coefficient (Wildman–Crippen LogP) is 6.13. The molecule has 0 radical (unpaired) electrons. The number of rotatable bonds is 3. The van der Waals surface area contributed by atoms with E-state index in [2.05, 4.69) is 43.0 Å². The highest BCUT2D eigenvalue weighted by molar-refractivity contribution is 5.68. The van der Waals surface area contributed by atoms with Crippen molar-refractivity contribution >= 4 is 6.09 Å². The van der Waals surface area contributed by atoms with E-state index in [1.54, 1.807) is 5.56 Å². The first kappa shape index (κ1) is 21.7. The molecule has 30 heavy (non-hydrogen) atoms. The standard InChI is InChI=1S/C26H40N2O2/c1-19(2)21-9-6-7-10-22(21)23-11-8-14-28(23)20-17-26(18-20)12-15-27(16-13-26)24(29)30-25(3,4)5/h6-7,9-10,19-20,23H,8,11-18H2,1-5H3/t23-/m1/s1. The number of carbonyl (C=O) groups excluding carboxylic acids is 1. The fourth-order valence-corrected chi connectivity index (χ4v) is 5.97. The van der Waals surface area contributed by atoms with Crippen LogP contribution in [-0.2, 0) is 4.74 Å². The van der Waals surface area contributed by atoms with Gasteiger partial charge in [-0.25, -0.2) is 4.79 Å². The molecule has 4 heteroatoms. The summed E-state index contributed by atoms with van der Waals surface area (Å²) in [6.07, 6.45) is 7.32. The van der Waals surface area contributed by atoms with Crippen LogP contribution in [0.3, 0.4) is 0 Å². The van der Waals surface area contributed by atoms with Crippen LogP contribution >= 0.6 is 0 Å². The van der Waals surface area contributed by atoms with E-state index in [4.69, 9.17) is 4.74 Å². The van der Waals surface area contributed by atoms with Crippen LogP contribution in [0.5, 0.6) is 0 Å². The zero-order chi connectivity index (χ0) is 21.5. The summed E-state index contributed by atoms with van der Waals surface area (Å²) >= 11 is 0. The van der Waals surface area contributed by atoms with E-state index in [1.165, 1.54) is 37.8 Å². The van der Waals surface area contributed by atoms with Crippen molar-refractivity contribution in [1.82, 2.24) is 9.80 Å². The highest BCUT2D eigenvalue weighted by Crippen LogP contribution is 2.54. The summed E-state index contributed by atoms with van der Waals surface area (Å²) in [4.78, 5) is 17.1. The van der Waals surface area contributed by atoms with Crippen LogP contribution in [0.25, 0.3) is 0 Å². The zero-order valence-corrected chi connectivity index (χ0v) is 19.6. The molecular weight excluding hydrogens is 372 g/mol. The molecule has 2 heterocycles. The van der Waals surface area contributed by atoms with E-state index in [0.717, 1.165) is 25.9 Å². The lowest BCUT2D eigenvalue weighted by molar-refractivity contribution is -0.0516. The Balaban J connectivity index is 1.35. The molecule has 0 bridgehead atoms. The molecule has 0 N–H and O–H groups in total. The molecule has 1 amide bonds. The van der Waals surface area contributed by atoms with Crippen molar-refractivity contribution in [2.24, 2.45) is 5.41 Å². The Bertz CT molecular complexity index is 751. The zero-order valence-electron chi connectivity index (χ0n) is 19.6. The molecule has 2 aliphatic heterocycles. The lowest BCUT2D eigenvalue weighted by atomic mass is 9.60. The molecule has 1 atom stereocenters. The Kier molecular flexibility index (Phi) is 5.91. The molecule has 4 rings (SSSR count). The second-order valence-corrected chi connectivity index (χ2v) is 11.2. The highest BCUT2D eigenvalue weighted by atomic mass is 16.6. The molecule has 0 unspecified atom stereocenters. The fourth-order valence-electron chi connectivity index (χ4n) is 5.97. The summed E-state index contributed by atoms with van der Waals surface area (Å²) in [6, 6.07) is 10.4. The van der Waals surface area contributed by atoms with Crippen molar-refractivity contribution in [2.45, 2.75) is 96.7 Å². The molecule has 1 saturated carbocycles. The van der Waals surface area contributed by atoms with Gasteiger partial charge in [0.25, 0.3) is 0 Å². The fraction of sp³-hybridized carbons (Fsp3) is 0.731. The van der Waals surface area contributed by atoms with Crippen LogP contribution in [0.2, 0.25) is 0 Å². The first-order valence-corrected chi connectivity index (χ1v) is 12.0. The molecule has 0 aromatic heterocycles. The van der Waals surface area contributed by atoms with Gasteiger partial charge in [-0.3, -0.25) is 4.90 Å². The van der Waals surface area contributed by atoms with Crippen LogP contribution in [0.4, 0.5) is 4.79 Å². The van der Waals surface area contributed by atoms with Crippen molar-refractivity contribution < 1.29 is 9.53 Å². The monoisotopic (exact) mass is 412 g/mol. The lowest BCUT2D eigenvalue weighted by Crippen LogP contribution is -2.55. The van der Waals surface area contributed by atoms with Gasteiger partial charge in [0.2, 0.25) is 0 Å². The maximum Gasteiger partial charge on any atom is 0.410 e. The van der Waals surface area contributed by atoms with E-state index in [1.807, 2.05) is 25.7 Å². The van der Waals surface area contributed by atoms with Crippen LogP contribution < -0.4 is 0 Å². The van der Waals surface area contributed by atoms with E-state index >= 15 is 0 Å². The van der Waals surface area contributed by atoms with Crippen molar-refractivity contribution in [3.05, 3.63) is 35.4 Å². The number of nitrogens with zero attached hydrogens (tertiary/aromatic N) is 2. The van der Waals surface area contributed by atoms with Gasteiger partial charge in [-0.05, 0) is 88.3 Å². The Morgan fingerprint density at radius 1 is 1.10 bits per heavy atom. The number of hydrogen-bond donors (Lipinski definition) is 0. The topological polar surface area (TPSA) is 32.8 Å². The summed E-state index contributed by atoms with van der Waals surface area (Å²) in [5.74, 6) is 0.577. The number of ether oxygens (including phenoxy) is 1. The van der Waals surface area contributed by atoms with Gasteiger partial charge in [0.15, 0.2) is 0 Å². The van der Waals surface area contributed by atoms with Gasteiger partial charge in [0.05, 0.1) is 0 Å². The average molecular weight is 413 g/mol. The van der Waals surface area contributed by atoms with Crippen LogP contribution in [0.15, 0.2) is 24.3 Å². The van der Waals surface area contributed by atoms with Crippen LogP contribution in [0, 0.1) is 5.41 Å². The summed E-state index contributed by atoms with van der Waals surface area (Å²) in [7, 11) is 0. The lowest BCUT2D eigenvalue weighted by Gasteiger charge is -2.55. The smallest absolute Gasteiger partial charge is 0.410 e. The number of benzene rings is 1. The maximum absolute atomic E-state index is 12.4. The van der Waals surface area contributed by atoms with E-state index in [9.17, 15) is 4.79 Å². The third kappa shape index (κ3) is 4.39. The summed E-state index contributed by atoms with van der Waals surface area (Å²) in [5.41, 5.74) is 3.12. The minimum absolute atomic E-state index is 0.141. The quantitative estimate of drug-likeness (QED) is 0.599. The molecule has 2 saturated heterocycles. The van der Waals surface area contributed by atoms with Crippen LogP contribution in [0.1, 0.15) is 96.2 Å². The van der Waals surface area contributed by atoms with Gasteiger partial charge >= 0.3 is 6.09 Å². The normalized spacial score (nSPS) is 25.0. The Labute approximate surface area is 183 Å². The number of carbonyl (C=O) groups is 1. The molecule has 3 fully saturated rings. The van der Waals surface area contributed by atoms with Gasteiger partial charge < -0.3 is 9.64 Å². The number of piperidine rings is 1. The Morgan fingerprint density at radius 3 is 2.40 bits per heavy atom. The van der Waals surface area contributed by atoms with Gasteiger partial charge in [-0.1, -0.05) is 38.1 Å². The van der Waals surface area contributed by atoms with E-state index in [-0.39, 0.29) is 6.09 Å². The van der Waals surface area contributed by atoms with Crippen molar-refractivity contribution in [3.63, 3.8) is 0 Å². The summed E-state index contributed by atoms with van der Waals surface area (Å²) in [6.45, 7) is 13.4. The third-order valence-electron chi connectivity index (χ3n) is 7.55. The maximum atomic E-state index is 12.4. The van der Waals surface area contributed by atoms with Gasteiger partial charge in [-0.15, -0.1) is 0 Å². The highest BCUT2D eigenvalue weighted by Gasteiger charge is 2.50. The molecule has 3 aliphatic rings. The third-order valence-corrected chi connectivity index (χ3v) is 7.55. The molecule has 1 spiro atoms. The first-order chi connectivity index (χ1) is 14.2. The Hall–Kier alpha value is -1.55. The molecule has 166 valence electrons. The largest absolute Gasteiger partial charge is 0.444 e. The number of hydrogen-bond acceptors (Lipinski definition) is 3. The summed E-state index contributed by atoms with van der Waals surface area (Å²) in [5, 5.41) is 0. The molecular formula is C26H40N2O2. The SMILES string of the molecule is CC(C)c1ccccc1[C@H]1CCCN1C1CC2(CCN(C(=O)OC(C)(C)C)CC2)C1. The minimum Gasteiger partial charge on any atom is -0.444 e. The number of amides is 1. The average Bonchev–Trinajstić information content (AvgIpc) is 3.14. The van der Waals surface area contributed by atoms with Crippen molar-refractivity contribution in [1.29, 1.82) is 0 Å². The minimum atomic E-state index is -0.412. The van der Waals surface area contributed by atoms with Gasteiger partial charge in [-0.2, -0.15) is 0 Å². The van der Waals surface area contributed by atoms with E-state index < -0.39 is 5.60 Å². The van der Waals surface area contributed by atoms with Gasteiger partial charge in [0.1, 0.15) is 5.60 Å². The molecule has 4 nitrogen and oxygen atoms in total. The van der Waals surface area contributed by atoms with Crippen molar-refractivity contribution in [2.75, 3.05) is 19.6 Å². The molecule has 1 aliphatic carbocycles. The molecule has 1 aromatic carbocycles. The predicted molar refractivity (Wildman–Crippen MR) is 122 cm³/mol.